The smallest absolute Gasteiger partial charge is 0.326 e. The molecule has 2 aromatic heterocycles. The Labute approximate surface area is 191 Å². The van der Waals surface area contributed by atoms with Crippen LogP contribution in [0.25, 0.3) is 10.8 Å². The number of aliphatic carboxylic acids is 1. The van der Waals surface area contributed by atoms with Crippen LogP contribution in [0.2, 0.25) is 0 Å². The van der Waals surface area contributed by atoms with E-state index >= 15 is 0 Å². The highest BCUT2D eigenvalue weighted by Gasteiger charge is 2.37. The van der Waals surface area contributed by atoms with Crippen LogP contribution in [-0.2, 0) is 16.0 Å². The summed E-state index contributed by atoms with van der Waals surface area (Å²) in [5, 5.41) is 18.2. The molecular formula is C26H24N4O3. The molecule has 3 aromatic rings. The maximum absolute atomic E-state index is 12.3. The zero-order valence-corrected chi connectivity index (χ0v) is 17.9. The summed E-state index contributed by atoms with van der Waals surface area (Å²) in [7, 11) is 0. The van der Waals surface area contributed by atoms with Crippen LogP contribution in [-0.4, -0.2) is 32.9 Å². The Morgan fingerprint density at radius 3 is 2.64 bits per heavy atom. The molecule has 7 heteroatoms. The molecule has 1 aromatic carbocycles. The standard InChI is InChI=1S/C26H24N4O3/c31-24-14-22(20-3-1-2-4-21(20)24)30-23(26(32)33)13-16-5-7-18(8-6-16)29-25-19-10-11-27-15-17(19)9-12-28-25/h1-2,5-12,14-15,20-21,23,30H,3-4,13H2,(H,28,29)(H,32,33)/t20?,21?,23-/m0/s1. The number of pyridine rings is 2. The fourth-order valence-electron chi connectivity index (χ4n) is 4.60. The van der Waals surface area contributed by atoms with E-state index in [0.717, 1.165) is 46.4 Å². The normalized spacial score (nSPS) is 20.2. The second-order valence-electron chi connectivity index (χ2n) is 8.48. The van der Waals surface area contributed by atoms with Gasteiger partial charge >= 0.3 is 5.97 Å². The quantitative estimate of drug-likeness (QED) is 0.477. The van der Waals surface area contributed by atoms with Crippen LogP contribution < -0.4 is 10.6 Å². The summed E-state index contributed by atoms with van der Waals surface area (Å²) in [5.41, 5.74) is 2.49. The minimum atomic E-state index is -0.936. The number of benzene rings is 1. The van der Waals surface area contributed by atoms with Gasteiger partial charge in [-0.25, -0.2) is 9.78 Å². The predicted octanol–water partition coefficient (Wildman–Crippen LogP) is 4.01. The molecule has 33 heavy (non-hydrogen) atoms. The van der Waals surface area contributed by atoms with Crippen molar-refractivity contribution in [3.63, 3.8) is 0 Å². The number of allylic oxidation sites excluding steroid dienone is 4. The molecule has 3 atom stereocenters. The van der Waals surface area contributed by atoms with Crippen molar-refractivity contribution < 1.29 is 14.7 Å². The van der Waals surface area contributed by atoms with E-state index in [-0.39, 0.29) is 17.6 Å². The number of aromatic nitrogens is 2. The maximum Gasteiger partial charge on any atom is 0.326 e. The zero-order valence-electron chi connectivity index (χ0n) is 17.9. The number of fused-ring (bicyclic) bond motifs is 2. The first-order valence-corrected chi connectivity index (χ1v) is 11.0. The van der Waals surface area contributed by atoms with Crippen molar-refractivity contribution in [1.82, 2.24) is 15.3 Å². The monoisotopic (exact) mass is 440 g/mol. The average molecular weight is 441 g/mol. The highest BCUT2D eigenvalue weighted by atomic mass is 16.4. The topological polar surface area (TPSA) is 104 Å². The molecule has 2 aliphatic carbocycles. The molecule has 3 N–H and O–H groups in total. The van der Waals surface area contributed by atoms with E-state index in [1.165, 1.54) is 0 Å². The predicted molar refractivity (Wildman–Crippen MR) is 126 cm³/mol. The number of carbonyl (C=O) groups excluding carboxylic acids is 1. The molecule has 2 aliphatic rings. The lowest BCUT2D eigenvalue weighted by Crippen LogP contribution is -2.39. The van der Waals surface area contributed by atoms with E-state index in [4.69, 9.17) is 0 Å². The highest BCUT2D eigenvalue weighted by Crippen LogP contribution is 2.36. The van der Waals surface area contributed by atoms with Crippen molar-refractivity contribution in [2.24, 2.45) is 11.8 Å². The third kappa shape index (κ3) is 4.35. The molecular weight excluding hydrogens is 416 g/mol. The number of carboxylic acid groups (broad SMARTS) is 1. The molecule has 5 rings (SSSR count). The van der Waals surface area contributed by atoms with Gasteiger partial charge in [0.2, 0.25) is 0 Å². The van der Waals surface area contributed by atoms with Crippen molar-refractivity contribution in [2.45, 2.75) is 25.3 Å². The molecule has 0 fully saturated rings. The maximum atomic E-state index is 12.3. The summed E-state index contributed by atoms with van der Waals surface area (Å²) in [6.45, 7) is 0. The first-order chi connectivity index (χ1) is 16.1. The minimum absolute atomic E-state index is 0.0549. The van der Waals surface area contributed by atoms with Crippen LogP contribution in [0, 0.1) is 11.8 Å². The van der Waals surface area contributed by atoms with Gasteiger partial charge in [-0.2, -0.15) is 0 Å². The summed E-state index contributed by atoms with van der Waals surface area (Å²) in [6, 6.07) is 10.7. The van der Waals surface area contributed by atoms with Crippen LogP contribution >= 0.6 is 0 Å². The lowest BCUT2D eigenvalue weighted by atomic mass is 9.83. The Morgan fingerprint density at radius 2 is 1.85 bits per heavy atom. The minimum Gasteiger partial charge on any atom is -0.480 e. The Bertz CT molecular complexity index is 1260. The number of carboxylic acids is 1. The molecule has 0 amide bonds. The summed E-state index contributed by atoms with van der Waals surface area (Å²) >= 11 is 0. The largest absolute Gasteiger partial charge is 0.480 e. The second kappa shape index (κ2) is 8.86. The lowest BCUT2D eigenvalue weighted by molar-refractivity contribution is -0.139. The van der Waals surface area contributed by atoms with Crippen LogP contribution in [0.4, 0.5) is 11.5 Å². The van der Waals surface area contributed by atoms with E-state index in [1.54, 1.807) is 24.7 Å². The molecule has 0 spiro atoms. The molecule has 7 nitrogen and oxygen atoms in total. The molecule has 166 valence electrons. The van der Waals surface area contributed by atoms with Gasteiger partial charge in [-0.05, 0) is 42.7 Å². The number of ketones is 1. The fourth-order valence-corrected chi connectivity index (χ4v) is 4.60. The lowest BCUT2D eigenvalue weighted by Gasteiger charge is -2.26. The number of hydrogen-bond acceptors (Lipinski definition) is 6. The van der Waals surface area contributed by atoms with Gasteiger partial charge in [-0.3, -0.25) is 9.78 Å². The third-order valence-electron chi connectivity index (χ3n) is 6.36. The summed E-state index contributed by atoms with van der Waals surface area (Å²) in [4.78, 5) is 32.8. The van der Waals surface area contributed by atoms with Gasteiger partial charge in [0.05, 0.1) is 0 Å². The van der Waals surface area contributed by atoms with Gasteiger partial charge in [0.25, 0.3) is 0 Å². The Balaban J connectivity index is 1.28. The summed E-state index contributed by atoms with van der Waals surface area (Å²) < 4.78 is 0. The third-order valence-corrected chi connectivity index (χ3v) is 6.36. The molecule has 0 aliphatic heterocycles. The number of nitrogens with zero attached hydrogens (tertiary/aromatic N) is 2. The first kappa shape index (κ1) is 20.9. The molecule has 0 bridgehead atoms. The molecule has 0 saturated carbocycles. The Morgan fingerprint density at radius 1 is 1.06 bits per heavy atom. The molecule has 0 radical (unpaired) electrons. The van der Waals surface area contributed by atoms with Crippen molar-refractivity contribution in [2.75, 3.05) is 5.32 Å². The van der Waals surface area contributed by atoms with Gasteiger partial charge in [0, 0.05) is 65.1 Å². The van der Waals surface area contributed by atoms with E-state index < -0.39 is 12.0 Å². The van der Waals surface area contributed by atoms with Crippen LogP contribution in [0.1, 0.15) is 18.4 Å². The van der Waals surface area contributed by atoms with Crippen LogP contribution in [0.15, 0.2) is 78.9 Å². The number of anilines is 2. The number of carbonyl (C=O) groups is 2. The molecule has 0 saturated heterocycles. The SMILES string of the molecule is O=C1C=C(N[C@@H](Cc2ccc(Nc3nccc4cnccc34)cc2)C(=O)O)C2CC=CCC12. The van der Waals surface area contributed by atoms with Gasteiger partial charge in [-0.1, -0.05) is 24.3 Å². The Hall–Kier alpha value is -4.00. The van der Waals surface area contributed by atoms with Gasteiger partial charge in [0.1, 0.15) is 11.9 Å². The van der Waals surface area contributed by atoms with Crippen molar-refractivity contribution in [3.8, 4) is 0 Å². The molecule has 2 unspecified atom stereocenters. The van der Waals surface area contributed by atoms with Gasteiger partial charge in [0.15, 0.2) is 5.78 Å². The fraction of sp³-hybridized carbons (Fsp3) is 0.231. The van der Waals surface area contributed by atoms with Gasteiger partial charge < -0.3 is 15.7 Å². The zero-order chi connectivity index (χ0) is 22.8. The van der Waals surface area contributed by atoms with E-state index in [0.29, 0.717) is 6.42 Å². The number of rotatable bonds is 7. The van der Waals surface area contributed by atoms with Crippen molar-refractivity contribution in [1.29, 1.82) is 0 Å². The van der Waals surface area contributed by atoms with Gasteiger partial charge in [-0.15, -0.1) is 0 Å². The van der Waals surface area contributed by atoms with E-state index in [2.05, 4.69) is 26.7 Å². The van der Waals surface area contributed by atoms with E-state index in [1.807, 2.05) is 42.5 Å². The van der Waals surface area contributed by atoms with Crippen LogP contribution in [0.5, 0.6) is 0 Å². The highest BCUT2D eigenvalue weighted by molar-refractivity contribution is 5.96. The number of hydrogen-bond donors (Lipinski definition) is 3. The molecule has 2 heterocycles. The number of nitrogens with one attached hydrogen (secondary N) is 2. The summed E-state index contributed by atoms with van der Waals surface area (Å²) in [6.07, 6.45) is 12.8. The first-order valence-electron chi connectivity index (χ1n) is 11.0. The summed E-state index contributed by atoms with van der Waals surface area (Å²) in [5.74, 6) is -0.116. The Kier molecular flexibility index (Phi) is 5.60. The van der Waals surface area contributed by atoms with Crippen molar-refractivity contribution in [3.05, 3.63) is 84.5 Å². The van der Waals surface area contributed by atoms with Crippen molar-refractivity contribution >= 4 is 34.0 Å². The van der Waals surface area contributed by atoms with E-state index in [9.17, 15) is 14.7 Å². The average Bonchev–Trinajstić information content (AvgIpc) is 3.15. The van der Waals surface area contributed by atoms with Crippen LogP contribution in [0.3, 0.4) is 0 Å². The second-order valence-corrected chi connectivity index (χ2v) is 8.48.